The van der Waals surface area contributed by atoms with Crippen molar-refractivity contribution in [3.8, 4) is 5.75 Å². The molecule has 0 fully saturated rings. The molecule has 0 saturated carbocycles. The number of amides is 1. The molecule has 1 N–H and O–H groups in total. The number of ether oxygens (including phenoxy) is 1. The van der Waals surface area contributed by atoms with Gasteiger partial charge in [0.05, 0.1) is 23.4 Å². The Labute approximate surface area is 176 Å². The fourth-order valence-electron chi connectivity index (χ4n) is 2.42. The number of nitrogens with zero attached hydrogens (tertiary/aromatic N) is 1. The highest BCUT2D eigenvalue weighted by Gasteiger charge is 2.12. The fourth-order valence-corrected chi connectivity index (χ4v) is 3.75. The van der Waals surface area contributed by atoms with Gasteiger partial charge < -0.3 is 9.15 Å². The lowest BCUT2D eigenvalue weighted by atomic mass is 10.1. The second-order valence-electron chi connectivity index (χ2n) is 6.10. The van der Waals surface area contributed by atoms with E-state index in [1.54, 1.807) is 18.2 Å². The van der Waals surface area contributed by atoms with Gasteiger partial charge in [-0.1, -0.05) is 35.5 Å². The van der Waals surface area contributed by atoms with Crippen LogP contribution in [0.15, 0.2) is 72.5 Å². The van der Waals surface area contributed by atoms with Crippen LogP contribution in [0.5, 0.6) is 5.75 Å². The number of nitrogens with one attached hydrogen (secondary N) is 1. The molecule has 3 rings (SSSR count). The number of furan rings is 1. The van der Waals surface area contributed by atoms with Gasteiger partial charge in [-0.2, -0.15) is 5.10 Å². The molecule has 0 bridgehead atoms. The van der Waals surface area contributed by atoms with E-state index in [1.807, 2.05) is 32.0 Å². The minimum absolute atomic E-state index is 0.354. The third-order valence-electron chi connectivity index (χ3n) is 3.87. The number of hydrogen-bond donors (Lipinski definition) is 1. The monoisotopic (exact) mass is 458 g/mol. The number of carbonyl (C=O) groups is 1. The molecule has 0 unspecified atom stereocenters. The van der Waals surface area contributed by atoms with E-state index in [9.17, 15) is 4.79 Å². The third-order valence-corrected chi connectivity index (χ3v) is 5.71. The zero-order valence-corrected chi connectivity index (χ0v) is 18.1. The highest BCUT2D eigenvalue weighted by Crippen LogP contribution is 2.35. The molecule has 0 atom stereocenters. The van der Waals surface area contributed by atoms with Gasteiger partial charge in [0.1, 0.15) is 11.5 Å². The molecule has 28 heavy (non-hydrogen) atoms. The van der Waals surface area contributed by atoms with Gasteiger partial charge in [0.25, 0.3) is 5.91 Å². The van der Waals surface area contributed by atoms with Gasteiger partial charge in [0, 0.05) is 11.0 Å². The Balaban J connectivity index is 1.66. The van der Waals surface area contributed by atoms with Crippen molar-refractivity contribution in [3.63, 3.8) is 0 Å². The fraction of sp³-hybridized carbons (Fsp3) is 0.143. The summed E-state index contributed by atoms with van der Waals surface area (Å²) >= 11 is 5.00. The largest absolute Gasteiger partial charge is 0.496 e. The van der Waals surface area contributed by atoms with Crippen LogP contribution in [0.25, 0.3) is 0 Å². The van der Waals surface area contributed by atoms with E-state index < -0.39 is 0 Å². The summed E-state index contributed by atoms with van der Waals surface area (Å²) in [5.41, 5.74) is 5.13. The van der Waals surface area contributed by atoms with Gasteiger partial charge >= 0.3 is 0 Å². The van der Waals surface area contributed by atoms with Gasteiger partial charge in [-0.05, 0) is 59.6 Å². The molecule has 0 radical (unpaired) electrons. The average Bonchev–Trinajstić information content (AvgIpc) is 3.02. The van der Waals surface area contributed by atoms with Gasteiger partial charge in [-0.25, -0.2) is 5.43 Å². The number of methoxy groups -OCH3 is 1. The average molecular weight is 459 g/mol. The first-order chi connectivity index (χ1) is 13.5. The summed E-state index contributed by atoms with van der Waals surface area (Å²) in [6.07, 6.45) is 1.46. The van der Waals surface area contributed by atoms with Crippen LogP contribution >= 0.6 is 27.7 Å². The van der Waals surface area contributed by atoms with E-state index in [0.717, 1.165) is 20.0 Å². The Morgan fingerprint density at radius 2 is 1.86 bits per heavy atom. The number of benzene rings is 2. The lowest BCUT2D eigenvalue weighted by molar-refractivity contribution is 0.0952. The Bertz CT molecular complexity index is 1010. The summed E-state index contributed by atoms with van der Waals surface area (Å²) in [4.78, 5) is 13.4. The first kappa shape index (κ1) is 20.2. The maximum atomic E-state index is 12.3. The summed E-state index contributed by atoms with van der Waals surface area (Å²) in [5, 5.41) is 4.70. The van der Waals surface area contributed by atoms with Crippen molar-refractivity contribution < 1.29 is 13.9 Å². The number of hydrogen-bond acceptors (Lipinski definition) is 5. The van der Waals surface area contributed by atoms with E-state index in [2.05, 4.69) is 38.6 Å². The number of aryl methyl sites for hydroxylation is 2. The van der Waals surface area contributed by atoms with Crippen LogP contribution in [0.4, 0.5) is 0 Å². The summed E-state index contributed by atoms with van der Waals surface area (Å²) in [6.45, 7) is 3.98. The van der Waals surface area contributed by atoms with Gasteiger partial charge in [0.15, 0.2) is 5.09 Å². The normalized spacial score (nSPS) is 11.0. The predicted octanol–water partition coefficient (Wildman–Crippen LogP) is 5.58. The van der Waals surface area contributed by atoms with Crippen LogP contribution in [0.1, 0.15) is 27.2 Å². The molecule has 0 saturated heterocycles. The maximum absolute atomic E-state index is 12.3. The molecule has 0 aliphatic carbocycles. The van der Waals surface area contributed by atoms with Crippen LogP contribution in [0.3, 0.4) is 0 Å². The van der Waals surface area contributed by atoms with Crippen LogP contribution in [-0.4, -0.2) is 19.2 Å². The predicted molar refractivity (Wildman–Crippen MR) is 115 cm³/mol. The van der Waals surface area contributed by atoms with Crippen molar-refractivity contribution in [2.75, 3.05) is 7.11 Å². The number of hydrazone groups is 1. The van der Waals surface area contributed by atoms with Crippen molar-refractivity contribution in [2.24, 2.45) is 5.10 Å². The summed E-state index contributed by atoms with van der Waals surface area (Å²) < 4.78 is 11.9. The van der Waals surface area contributed by atoms with Gasteiger partial charge in [-0.15, -0.1) is 0 Å². The van der Waals surface area contributed by atoms with Crippen molar-refractivity contribution in [2.45, 2.75) is 23.8 Å². The second kappa shape index (κ2) is 9.12. The minimum Gasteiger partial charge on any atom is -0.496 e. The second-order valence-corrected chi connectivity index (χ2v) is 8.00. The quantitative estimate of drug-likeness (QED) is 0.386. The van der Waals surface area contributed by atoms with E-state index in [4.69, 9.17) is 9.15 Å². The summed E-state index contributed by atoms with van der Waals surface area (Å²) in [7, 11) is 1.53. The molecule has 1 heterocycles. The summed E-state index contributed by atoms with van der Waals surface area (Å²) in [6, 6.07) is 15.3. The SMILES string of the molecule is COc1cc(C)ccc1C(=O)N/N=C\c1cc(Br)c(Sc2ccc(C)cc2)o1. The standard InChI is InChI=1S/C21H19BrN2O3S/c1-13-4-7-16(8-5-13)28-21-18(22)11-15(27-21)12-23-24-20(25)17-9-6-14(2)10-19(17)26-3/h4-12H,1-3H3,(H,24,25)/b23-12-. The van der Waals surface area contributed by atoms with Crippen LogP contribution in [-0.2, 0) is 0 Å². The Morgan fingerprint density at radius 1 is 1.14 bits per heavy atom. The lowest BCUT2D eigenvalue weighted by Gasteiger charge is -2.07. The maximum Gasteiger partial charge on any atom is 0.275 e. The molecule has 0 spiro atoms. The zero-order valence-electron chi connectivity index (χ0n) is 15.7. The van der Waals surface area contributed by atoms with E-state index >= 15 is 0 Å². The third kappa shape index (κ3) is 5.05. The highest BCUT2D eigenvalue weighted by molar-refractivity contribution is 9.10. The molecular formula is C21H19BrN2O3S. The van der Waals surface area contributed by atoms with Crippen molar-refractivity contribution in [3.05, 3.63) is 75.5 Å². The molecule has 0 aliphatic rings. The topological polar surface area (TPSA) is 63.8 Å². The van der Waals surface area contributed by atoms with Crippen LogP contribution in [0, 0.1) is 13.8 Å². The lowest BCUT2D eigenvalue weighted by Crippen LogP contribution is -2.18. The Hall–Kier alpha value is -2.51. The number of halogens is 1. The molecule has 0 aliphatic heterocycles. The Kier molecular flexibility index (Phi) is 6.59. The summed E-state index contributed by atoms with van der Waals surface area (Å²) in [5.74, 6) is 0.677. The Morgan fingerprint density at radius 3 is 2.57 bits per heavy atom. The van der Waals surface area contributed by atoms with E-state index in [1.165, 1.54) is 30.6 Å². The first-order valence-corrected chi connectivity index (χ1v) is 10.1. The highest BCUT2D eigenvalue weighted by atomic mass is 79.9. The number of carbonyl (C=O) groups excluding carboxylic acids is 1. The number of rotatable bonds is 6. The molecule has 3 aromatic rings. The van der Waals surface area contributed by atoms with Crippen LogP contribution < -0.4 is 10.2 Å². The molecule has 1 amide bonds. The molecule has 1 aromatic heterocycles. The van der Waals surface area contributed by atoms with Crippen molar-refractivity contribution in [1.29, 1.82) is 0 Å². The van der Waals surface area contributed by atoms with Gasteiger partial charge in [0.2, 0.25) is 0 Å². The molecule has 2 aromatic carbocycles. The molecular weight excluding hydrogens is 440 g/mol. The minimum atomic E-state index is -0.354. The smallest absolute Gasteiger partial charge is 0.275 e. The van der Waals surface area contributed by atoms with Crippen molar-refractivity contribution in [1.82, 2.24) is 5.43 Å². The molecule has 5 nitrogen and oxygen atoms in total. The first-order valence-electron chi connectivity index (χ1n) is 8.48. The van der Waals surface area contributed by atoms with E-state index in [0.29, 0.717) is 17.1 Å². The molecule has 7 heteroatoms. The van der Waals surface area contributed by atoms with Crippen molar-refractivity contribution >= 4 is 39.8 Å². The van der Waals surface area contributed by atoms with Crippen LogP contribution in [0.2, 0.25) is 0 Å². The molecule has 144 valence electrons. The van der Waals surface area contributed by atoms with Gasteiger partial charge in [-0.3, -0.25) is 4.79 Å². The zero-order chi connectivity index (χ0) is 20.1. The van der Waals surface area contributed by atoms with E-state index in [-0.39, 0.29) is 5.91 Å².